The van der Waals surface area contributed by atoms with E-state index in [1.54, 1.807) is 41.8 Å². The molecule has 0 saturated carbocycles. The molecule has 1 aromatic carbocycles. The van der Waals surface area contributed by atoms with Gasteiger partial charge in [-0.2, -0.15) is 11.3 Å². The molecule has 148 valence electrons. The summed E-state index contributed by atoms with van der Waals surface area (Å²) in [7, 11) is 0.406. The van der Waals surface area contributed by atoms with Crippen LogP contribution in [0.4, 0.5) is 11.6 Å². The number of benzene rings is 1. The first-order chi connectivity index (χ1) is 13.4. The molecule has 0 aliphatic rings. The molecule has 0 spiro atoms. The normalized spacial score (nSPS) is 11.7. The Hall–Kier alpha value is -2.33. The lowest BCUT2D eigenvalue weighted by atomic mass is 10.2. The van der Waals surface area contributed by atoms with Crippen LogP contribution < -0.4 is 10.0 Å². The maximum Gasteiger partial charge on any atom is 0.240 e. The van der Waals surface area contributed by atoms with Crippen molar-refractivity contribution in [2.45, 2.75) is 11.3 Å². The van der Waals surface area contributed by atoms with E-state index < -0.39 is 10.0 Å². The van der Waals surface area contributed by atoms with Gasteiger partial charge in [0.05, 0.1) is 10.6 Å². The van der Waals surface area contributed by atoms with E-state index in [9.17, 15) is 8.42 Å². The van der Waals surface area contributed by atoms with E-state index >= 15 is 0 Å². The molecule has 2 heterocycles. The smallest absolute Gasteiger partial charge is 0.240 e. The SMILES string of the molecule is CN(C)CCCNS(=O)(=O)c1ccc(Nc2nccc(-c3ccsc3)n2)cc1. The summed E-state index contributed by atoms with van der Waals surface area (Å²) >= 11 is 1.61. The number of hydrogen-bond acceptors (Lipinski definition) is 7. The predicted molar refractivity (Wildman–Crippen MR) is 113 cm³/mol. The zero-order chi connectivity index (χ0) is 20.0. The van der Waals surface area contributed by atoms with Gasteiger partial charge in [-0.05, 0) is 68.8 Å². The lowest BCUT2D eigenvalue weighted by molar-refractivity contribution is 0.400. The van der Waals surface area contributed by atoms with Gasteiger partial charge in [-0.25, -0.2) is 23.1 Å². The Morgan fingerprint density at radius 2 is 1.89 bits per heavy atom. The summed E-state index contributed by atoms with van der Waals surface area (Å²) in [6.07, 6.45) is 2.45. The van der Waals surface area contributed by atoms with Gasteiger partial charge in [0, 0.05) is 29.4 Å². The maximum absolute atomic E-state index is 12.4. The van der Waals surface area contributed by atoms with E-state index in [1.165, 1.54) is 0 Å². The minimum Gasteiger partial charge on any atom is -0.324 e. The molecule has 0 unspecified atom stereocenters. The van der Waals surface area contributed by atoms with Gasteiger partial charge in [0.25, 0.3) is 0 Å². The third-order valence-corrected chi connectivity index (χ3v) is 6.13. The van der Waals surface area contributed by atoms with E-state index in [4.69, 9.17) is 0 Å². The summed E-state index contributed by atoms with van der Waals surface area (Å²) in [4.78, 5) is 11.0. The monoisotopic (exact) mass is 417 g/mol. The van der Waals surface area contributed by atoms with Crippen molar-refractivity contribution >= 4 is 33.0 Å². The highest BCUT2D eigenvalue weighted by Gasteiger charge is 2.13. The summed E-state index contributed by atoms with van der Waals surface area (Å²) in [5.74, 6) is 0.459. The molecular formula is C19H23N5O2S2. The standard InChI is InChI=1S/C19H23N5O2S2/c1-24(2)12-3-10-21-28(25,26)17-6-4-16(5-7-17)22-19-20-11-8-18(23-19)15-9-13-27-14-15/h4-9,11,13-14,21H,3,10,12H2,1-2H3,(H,20,22,23). The second-order valence-corrected chi connectivity index (χ2v) is 9.03. The van der Waals surface area contributed by atoms with Gasteiger partial charge < -0.3 is 10.2 Å². The Morgan fingerprint density at radius 3 is 2.57 bits per heavy atom. The molecule has 0 bridgehead atoms. The van der Waals surface area contributed by atoms with Gasteiger partial charge in [-0.3, -0.25) is 0 Å². The van der Waals surface area contributed by atoms with Gasteiger partial charge >= 0.3 is 0 Å². The van der Waals surface area contributed by atoms with Gasteiger partial charge in [0.1, 0.15) is 0 Å². The van der Waals surface area contributed by atoms with Crippen molar-refractivity contribution in [3.05, 3.63) is 53.4 Å². The number of nitrogens with one attached hydrogen (secondary N) is 2. The minimum absolute atomic E-state index is 0.232. The van der Waals surface area contributed by atoms with E-state index in [2.05, 4.69) is 20.0 Å². The first kappa shape index (κ1) is 20.4. The first-order valence-electron chi connectivity index (χ1n) is 8.81. The number of thiophene rings is 1. The fourth-order valence-corrected chi connectivity index (χ4v) is 4.25. The van der Waals surface area contributed by atoms with Crippen LogP contribution in [0.2, 0.25) is 0 Å². The number of sulfonamides is 1. The highest BCUT2D eigenvalue weighted by Crippen LogP contribution is 2.22. The molecule has 0 aliphatic heterocycles. The fraction of sp³-hybridized carbons (Fsp3) is 0.263. The quantitative estimate of drug-likeness (QED) is 0.520. The zero-order valence-electron chi connectivity index (χ0n) is 15.8. The number of rotatable bonds is 9. The van der Waals surface area contributed by atoms with Crippen molar-refractivity contribution in [3.63, 3.8) is 0 Å². The van der Waals surface area contributed by atoms with E-state index in [-0.39, 0.29) is 4.90 Å². The predicted octanol–water partition coefficient (Wildman–Crippen LogP) is 3.18. The van der Waals surface area contributed by atoms with Crippen molar-refractivity contribution in [1.82, 2.24) is 19.6 Å². The van der Waals surface area contributed by atoms with Crippen LogP contribution in [0.5, 0.6) is 0 Å². The van der Waals surface area contributed by atoms with Gasteiger partial charge in [-0.1, -0.05) is 0 Å². The van der Waals surface area contributed by atoms with Crippen LogP contribution in [0.3, 0.4) is 0 Å². The van der Waals surface area contributed by atoms with Crippen molar-refractivity contribution in [1.29, 1.82) is 0 Å². The molecule has 28 heavy (non-hydrogen) atoms. The highest BCUT2D eigenvalue weighted by atomic mass is 32.2. The van der Waals surface area contributed by atoms with Gasteiger partial charge in [0.2, 0.25) is 16.0 Å². The molecule has 0 aliphatic carbocycles. The largest absolute Gasteiger partial charge is 0.324 e. The summed E-state index contributed by atoms with van der Waals surface area (Å²) in [5.41, 5.74) is 2.59. The Bertz CT molecular complexity index is 987. The maximum atomic E-state index is 12.4. The van der Waals surface area contributed by atoms with Gasteiger partial charge in [0.15, 0.2) is 0 Å². The second kappa shape index (κ2) is 9.24. The molecule has 0 amide bonds. The summed E-state index contributed by atoms with van der Waals surface area (Å²) in [5, 5.41) is 7.13. The van der Waals surface area contributed by atoms with Crippen LogP contribution in [0.15, 0.2) is 58.3 Å². The fourth-order valence-electron chi connectivity index (χ4n) is 2.52. The molecule has 0 atom stereocenters. The van der Waals surface area contributed by atoms with Crippen molar-refractivity contribution < 1.29 is 8.42 Å². The zero-order valence-corrected chi connectivity index (χ0v) is 17.4. The molecule has 0 fully saturated rings. The minimum atomic E-state index is -3.51. The summed E-state index contributed by atoms with van der Waals surface area (Å²) in [6.45, 7) is 1.24. The molecule has 2 N–H and O–H groups in total. The average Bonchev–Trinajstić information content (AvgIpc) is 3.21. The van der Waals surface area contributed by atoms with E-state index in [1.807, 2.05) is 41.9 Å². The molecule has 2 aromatic heterocycles. The Balaban J connectivity index is 1.64. The summed E-state index contributed by atoms with van der Waals surface area (Å²) < 4.78 is 27.3. The van der Waals surface area contributed by atoms with Crippen LogP contribution in [0.1, 0.15) is 6.42 Å². The van der Waals surface area contributed by atoms with E-state index in [0.29, 0.717) is 18.2 Å². The lowest BCUT2D eigenvalue weighted by Gasteiger charge is -2.11. The highest BCUT2D eigenvalue weighted by molar-refractivity contribution is 7.89. The molecule has 0 saturated heterocycles. The molecule has 3 rings (SSSR count). The number of anilines is 2. The van der Waals surface area contributed by atoms with E-state index in [0.717, 1.165) is 24.2 Å². The number of hydrogen-bond donors (Lipinski definition) is 2. The topological polar surface area (TPSA) is 87.2 Å². The van der Waals surface area contributed by atoms with Crippen molar-refractivity contribution in [3.8, 4) is 11.3 Å². The molecular weight excluding hydrogens is 394 g/mol. The number of nitrogens with zero attached hydrogens (tertiary/aromatic N) is 3. The van der Waals surface area contributed by atoms with Crippen LogP contribution in [0.25, 0.3) is 11.3 Å². The van der Waals surface area contributed by atoms with Crippen LogP contribution in [0, 0.1) is 0 Å². The Labute approximate surface area is 169 Å². The molecule has 3 aromatic rings. The Kier molecular flexibility index (Phi) is 6.74. The van der Waals surface area contributed by atoms with Crippen LogP contribution in [-0.2, 0) is 10.0 Å². The molecule has 7 nitrogen and oxygen atoms in total. The average molecular weight is 418 g/mol. The summed E-state index contributed by atoms with van der Waals surface area (Å²) in [6, 6.07) is 10.4. The third-order valence-electron chi connectivity index (χ3n) is 3.97. The molecule has 9 heteroatoms. The molecule has 0 radical (unpaired) electrons. The van der Waals surface area contributed by atoms with Crippen molar-refractivity contribution in [2.24, 2.45) is 0 Å². The Morgan fingerprint density at radius 1 is 1.11 bits per heavy atom. The lowest BCUT2D eigenvalue weighted by Crippen LogP contribution is -2.27. The van der Waals surface area contributed by atoms with Crippen LogP contribution >= 0.6 is 11.3 Å². The van der Waals surface area contributed by atoms with Crippen molar-refractivity contribution in [2.75, 3.05) is 32.5 Å². The van der Waals surface area contributed by atoms with Gasteiger partial charge in [-0.15, -0.1) is 0 Å². The third kappa shape index (κ3) is 5.59. The first-order valence-corrected chi connectivity index (χ1v) is 11.2. The number of aromatic nitrogens is 2. The van der Waals surface area contributed by atoms with Crippen LogP contribution in [-0.4, -0.2) is 50.5 Å². The second-order valence-electron chi connectivity index (χ2n) is 6.48.